The highest BCUT2D eigenvalue weighted by Gasteiger charge is 2.26. The van der Waals surface area contributed by atoms with Gasteiger partial charge >= 0.3 is 0 Å². The smallest absolute Gasteiger partial charge is 0.282 e. The summed E-state index contributed by atoms with van der Waals surface area (Å²) >= 11 is 0. The topological polar surface area (TPSA) is 111 Å². The highest BCUT2D eigenvalue weighted by molar-refractivity contribution is 5.99. The molecule has 1 atom stereocenters. The Bertz CT molecular complexity index is 1300. The number of alkyl halides is 2. The van der Waals surface area contributed by atoms with Gasteiger partial charge in [0, 0.05) is 41.6 Å². The standard InChI is InChI=1S/C24H25F3N6O2/c1-4-30-21-13-7-20(23(28)31-11-13)35-12(2)16-8-14(25)5-6-19(16)33-15(9-17(21)24(29)34-3)10-18(32-33)22(26)27/h5-8,10-12,22,29-30H,4,9H2,1-3H3,(H2,28,31)/b21-17-,29-24?/t12-/m1/s1. The second-order valence-electron chi connectivity index (χ2n) is 7.94. The van der Waals surface area contributed by atoms with E-state index in [0.29, 0.717) is 40.3 Å². The Hall–Kier alpha value is -4.02. The lowest BCUT2D eigenvalue weighted by Gasteiger charge is -2.23. The molecule has 1 aromatic carbocycles. The van der Waals surface area contributed by atoms with Gasteiger partial charge in [-0.2, -0.15) is 5.10 Å². The predicted octanol–water partition coefficient (Wildman–Crippen LogP) is 4.57. The second-order valence-corrected chi connectivity index (χ2v) is 7.94. The zero-order chi connectivity index (χ0) is 25.3. The van der Waals surface area contributed by atoms with Gasteiger partial charge in [-0.15, -0.1) is 0 Å². The van der Waals surface area contributed by atoms with Crippen LogP contribution in [0.2, 0.25) is 0 Å². The minimum Gasteiger partial charge on any atom is -0.482 e. The van der Waals surface area contributed by atoms with E-state index in [9.17, 15) is 13.2 Å². The molecule has 0 aliphatic carbocycles. The molecule has 0 saturated carbocycles. The summed E-state index contributed by atoms with van der Waals surface area (Å²) in [6, 6.07) is 6.89. The lowest BCUT2D eigenvalue weighted by Crippen LogP contribution is -2.21. The lowest BCUT2D eigenvalue weighted by atomic mass is 10.0. The van der Waals surface area contributed by atoms with E-state index in [4.69, 9.17) is 20.6 Å². The van der Waals surface area contributed by atoms with E-state index < -0.39 is 24.0 Å². The van der Waals surface area contributed by atoms with E-state index >= 15 is 0 Å². The number of nitrogens with two attached hydrogens (primary N) is 1. The van der Waals surface area contributed by atoms with Gasteiger partial charge in [0.15, 0.2) is 11.6 Å². The number of methoxy groups -OCH3 is 1. The van der Waals surface area contributed by atoms with Crippen molar-refractivity contribution in [3.05, 3.63) is 70.4 Å². The third-order valence-corrected chi connectivity index (χ3v) is 5.65. The number of aromatic nitrogens is 3. The molecular formula is C24H25F3N6O2. The van der Waals surface area contributed by atoms with Gasteiger partial charge < -0.3 is 20.5 Å². The van der Waals surface area contributed by atoms with Gasteiger partial charge in [-0.25, -0.2) is 22.8 Å². The number of nitrogen functional groups attached to an aromatic ring is 1. The molecule has 4 rings (SSSR count). The Morgan fingerprint density at radius 3 is 2.80 bits per heavy atom. The largest absolute Gasteiger partial charge is 0.482 e. The number of anilines is 1. The Morgan fingerprint density at radius 2 is 2.11 bits per heavy atom. The van der Waals surface area contributed by atoms with Gasteiger partial charge in [0.1, 0.15) is 17.6 Å². The molecule has 35 heavy (non-hydrogen) atoms. The van der Waals surface area contributed by atoms with E-state index in [1.807, 2.05) is 6.92 Å². The van der Waals surface area contributed by atoms with Crippen LogP contribution in [-0.2, 0) is 11.2 Å². The fourth-order valence-electron chi connectivity index (χ4n) is 4.01. The number of hydrogen-bond donors (Lipinski definition) is 3. The van der Waals surface area contributed by atoms with Crippen LogP contribution in [0.4, 0.5) is 19.0 Å². The molecule has 0 spiro atoms. The molecule has 0 fully saturated rings. The molecule has 184 valence electrons. The predicted molar refractivity (Wildman–Crippen MR) is 125 cm³/mol. The Balaban J connectivity index is 2.07. The van der Waals surface area contributed by atoms with Gasteiger partial charge in [-0.3, -0.25) is 5.41 Å². The van der Waals surface area contributed by atoms with Gasteiger partial charge in [0.25, 0.3) is 6.43 Å². The third kappa shape index (κ3) is 4.66. The van der Waals surface area contributed by atoms with Crippen LogP contribution < -0.4 is 15.8 Å². The Labute approximate surface area is 200 Å². The van der Waals surface area contributed by atoms with Crippen molar-refractivity contribution in [2.75, 3.05) is 19.4 Å². The highest BCUT2D eigenvalue weighted by atomic mass is 19.3. The molecule has 0 radical (unpaired) electrons. The Morgan fingerprint density at radius 1 is 1.34 bits per heavy atom. The first-order valence-electron chi connectivity index (χ1n) is 10.9. The number of ether oxygens (including phenoxy) is 2. The SMILES string of the molecule is CCN/C1=C(\C(=N)OC)Cc2cc(C(F)F)nn2-c2ccc(F)cc2[C@@H](C)Oc2cc1cnc2N. The summed E-state index contributed by atoms with van der Waals surface area (Å²) in [5.41, 5.74) is 8.16. The lowest BCUT2D eigenvalue weighted by molar-refractivity contribution is 0.145. The number of rotatable bonds is 4. The van der Waals surface area contributed by atoms with Crippen LogP contribution in [0.25, 0.3) is 11.4 Å². The first-order chi connectivity index (χ1) is 16.7. The fraction of sp³-hybridized carbons (Fsp3) is 0.292. The highest BCUT2D eigenvalue weighted by Crippen LogP contribution is 2.35. The van der Waals surface area contributed by atoms with Crippen molar-refractivity contribution < 1.29 is 22.6 Å². The number of pyridine rings is 1. The molecule has 3 aromatic rings. The van der Waals surface area contributed by atoms with E-state index in [-0.39, 0.29) is 23.9 Å². The maximum atomic E-state index is 14.3. The third-order valence-electron chi connectivity index (χ3n) is 5.65. The minimum absolute atomic E-state index is 0.0144. The minimum atomic E-state index is -2.83. The zero-order valence-electron chi connectivity index (χ0n) is 19.4. The number of hydrogen-bond acceptors (Lipinski definition) is 7. The average Bonchev–Trinajstić information content (AvgIpc) is 3.25. The summed E-state index contributed by atoms with van der Waals surface area (Å²) in [4.78, 5) is 4.24. The summed E-state index contributed by atoms with van der Waals surface area (Å²) in [5.74, 6) is -0.325. The molecule has 1 aliphatic heterocycles. The van der Waals surface area contributed by atoms with Crippen molar-refractivity contribution in [2.45, 2.75) is 32.8 Å². The van der Waals surface area contributed by atoms with Crippen molar-refractivity contribution in [2.24, 2.45) is 0 Å². The first kappa shape index (κ1) is 24.1. The van der Waals surface area contributed by atoms with E-state index in [2.05, 4.69) is 15.4 Å². The number of halogens is 3. The molecule has 0 unspecified atom stereocenters. The van der Waals surface area contributed by atoms with Crippen LogP contribution in [0.1, 0.15) is 48.9 Å². The van der Waals surface area contributed by atoms with Crippen LogP contribution in [0, 0.1) is 11.2 Å². The first-order valence-corrected chi connectivity index (χ1v) is 10.9. The quantitative estimate of drug-likeness (QED) is 0.368. The molecule has 0 saturated heterocycles. The molecule has 3 heterocycles. The summed E-state index contributed by atoms with van der Waals surface area (Å²) < 4.78 is 54.3. The molecule has 2 aromatic heterocycles. The van der Waals surface area contributed by atoms with Crippen LogP contribution in [0.5, 0.6) is 5.75 Å². The van der Waals surface area contributed by atoms with Gasteiger partial charge in [0.05, 0.1) is 18.5 Å². The maximum Gasteiger partial charge on any atom is 0.282 e. The summed E-state index contributed by atoms with van der Waals surface area (Å²) in [6.07, 6.45) is -2.02. The number of nitrogens with zero attached hydrogens (tertiary/aromatic N) is 3. The zero-order valence-corrected chi connectivity index (χ0v) is 19.4. The van der Waals surface area contributed by atoms with Crippen LogP contribution in [0.15, 0.2) is 42.1 Å². The van der Waals surface area contributed by atoms with Crippen LogP contribution in [0.3, 0.4) is 0 Å². The molecule has 2 bridgehead atoms. The molecule has 8 nitrogen and oxygen atoms in total. The summed E-state index contributed by atoms with van der Waals surface area (Å²) in [7, 11) is 1.35. The van der Waals surface area contributed by atoms with E-state index in [1.165, 1.54) is 42.3 Å². The van der Waals surface area contributed by atoms with Crippen molar-refractivity contribution in [3.8, 4) is 11.4 Å². The van der Waals surface area contributed by atoms with Crippen molar-refractivity contribution >= 4 is 17.4 Å². The fourth-order valence-corrected chi connectivity index (χ4v) is 4.01. The average molecular weight is 486 g/mol. The maximum absolute atomic E-state index is 14.3. The van der Waals surface area contributed by atoms with Gasteiger partial charge in [0.2, 0.25) is 5.90 Å². The number of benzene rings is 1. The second kappa shape index (κ2) is 9.69. The molecule has 4 N–H and O–H groups in total. The monoisotopic (exact) mass is 486 g/mol. The van der Waals surface area contributed by atoms with Crippen molar-refractivity contribution in [1.29, 1.82) is 5.41 Å². The van der Waals surface area contributed by atoms with Crippen molar-refractivity contribution in [1.82, 2.24) is 20.1 Å². The molecule has 1 aliphatic rings. The van der Waals surface area contributed by atoms with Gasteiger partial charge in [-0.05, 0) is 44.2 Å². The molecule has 11 heteroatoms. The molecule has 0 amide bonds. The van der Waals surface area contributed by atoms with E-state index in [1.54, 1.807) is 13.0 Å². The summed E-state index contributed by atoms with van der Waals surface area (Å²) in [5, 5.41) is 15.8. The van der Waals surface area contributed by atoms with Crippen LogP contribution >= 0.6 is 0 Å². The van der Waals surface area contributed by atoms with Crippen LogP contribution in [-0.4, -0.2) is 34.3 Å². The van der Waals surface area contributed by atoms with Gasteiger partial charge in [-0.1, -0.05) is 0 Å². The normalized spacial score (nSPS) is 17.5. The number of nitrogens with one attached hydrogen (secondary N) is 2. The van der Waals surface area contributed by atoms with Crippen molar-refractivity contribution in [3.63, 3.8) is 0 Å². The number of fused-ring (bicyclic) bond motifs is 5. The Kier molecular flexibility index (Phi) is 6.68. The summed E-state index contributed by atoms with van der Waals surface area (Å²) in [6.45, 7) is 4.07. The molecular weight excluding hydrogens is 461 g/mol. The van der Waals surface area contributed by atoms with E-state index in [0.717, 1.165) is 0 Å².